The third-order valence-electron chi connectivity index (χ3n) is 8.43. The molecule has 2 atom stereocenters. The second-order valence-corrected chi connectivity index (χ2v) is 14.6. The molecule has 2 fully saturated rings. The van der Waals surface area contributed by atoms with Crippen molar-refractivity contribution in [3.63, 3.8) is 0 Å². The van der Waals surface area contributed by atoms with Gasteiger partial charge in [-0.2, -0.15) is 4.31 Å². The van der Waals surface area contributed by atoms with Crippen LogP contribution in [0.25, 0.3) is 5.69 Å². The lowest BCUT2D eigenvalue weighted by molar-refractivity contribution is -0.141. The number of hydrogen-bond donors (Lipinski definition) is 0. The van der Waals surface area contributed by atoms with E-state index < -0.39 is 10.0 Å². The van der Waals surface area contributed by atoms with Crippen molar-refractivity contribution in [3.8, 4) is 5.69 Å². The Morgan fingerprint density at radius 1 is 0.952 bits per heavy atom. The van der Waals surface area contributed by atoms with Gasteiger partial charge in [-0.1, -0.05) is 46.1 Å². The summed E-state index contributed by atoms with van der Waals surface area (Å²) in [5.74, 6) is -0.0783. The number of piperidine rings is 1. The highest BCUT2D eigenvalue weighted by molar-refractivity contribution is 7.89. The maximum absolute atomic E-state index is 13.5. The summed E-state index contributed by atoms with van der Waals surface area (Å²) in [6.45, 7) is 10.5. The smallest absolute Gasteiger partial charge is 0.243 e. The highest BCUT2D eigenvalue weighted by Crippen LogP contribution is 2.32. The Balaban J connectivity index is 1.18. The van der Waals surface area contributed by atoms with Gasteiger partial charge < -0.3 is 4.90 Å². The first kappa shape index (κ1) is 31.2. The minimum Gasteiger partial charge on any atom is -0.339 e. The van der Waals surface area contributed by atoms with Crippen LogP contribution in [0.5, 0.6) is 0 Å². The third kappa shape index (κ3) is 6.34. The number of halogens is 3. The fraction of sp³-hybridized carbons (Fsp3) is 0.483. The highest BCUT2D eigenvalue weighted by atomic mass is 35.5. The zero-order valence-corrected chi connectivity index (χ0v) is 27.2. The van der Waals surface area contributed by atoms with E-state index in [1.54, 1.807) is 35.1 Å². The van der Waals surface area contributed by atoms with Crippen molar-refractivity contribution in [1.29, 1.82) is 0 Å². The van der Waals surface area contributed by atoms with Crippen LogP contribution in [0.4, 0.5) is 0 Å². The van der Waals surface area contributed by atoms with Gasteiger partial charge >= 0.3 is 0 Å². The van der Waals surface area contributed by atoms with Gasteiger partial charge in [-0.05, 0) is 75.9 Å². The van der Waals surface area contributed by atoms with Crippen LogP contribution in [0, 0.1) is 19.8 Å². The average molecular weight is 654 g/mol. The molecule has 9 nitrogen and oxygen atoms in total. The van der Waals surface area contributed by atoms with E-state index >= 15 is 0 Å². The van der Waals surface area contributed by atoms with Crippen LogP contribution in [0.1, 0.15) is 43.5 Å². The molecule has 0 bridgehead atoms. The summed E-state index contributed by atoms with van der Waals surface area (Å²) in [5.41, 5.74) is 3.28. The number of sulfonamides is 1. The van der Waals surface area contributed by atoms with Gasteiger partial charge in [-0.15, -0.1) is 5.10 Å². The summed E-state index contributed by atoms with van der Waals surface area (Å²) >= 11 is 18.8. The second-order valence-electron chi connectivity index (χ2n) is 11.4. The SMILES string of the molecule is Cc1ccc(S(=O)(=O)N2CCC(C(=O)N3C[C@@H](C)N(Cc4cn(-c5c(Cl)cc(Cl)cc5Cl)nn4)[C@@H](C)C3)CC2)cc1C. The lowest BCUT2D eigenvalue weighted by atomic mass is 9.95. The standard InChI is InChI=1S/C29H35Cl3N6O3S/c1-18-5-6-25(11-19(18)2)42(40,41)36-9-7-22(8-10-36)29(39)35-14-20(3)37(21(4)15-35)16-24-17-38(34-33-24)28-26(31)12-23(30)13-27(28)32/h5-6,11-13,17,20-22H,7-10,14-16H2,1-4H3/t20-,21+. The number of rotatable bonds is 6. The molecule has 2 aromatic carbocycles. The molecule has 0 saturated carbocycles. The van der Waals surface area contributed by atoms with Gasteiger partial charge in [0.15, 0.2) is 0 Å². The summed E-state index contributed by atoms with van der Waals surface area (Å²) in [7, 11) is -3.58. The van der Waals surface area contributed by atoms with E-state index in [-0.39, 0.29) is 23.9 Å². The van der Waals surface area contributed by atoms with Crippen molar-refractivity contribution in [1.82, 2.24) is 29.1 Å². The Bertz CT molecular complexity index is 1550. The molecule has 1 amide bonds. The molecule has 5 rings (SSSR count). The van der Waals surface area contributed by atoms with E-state index in [0.717, 1.165) is 16.8 Å². The Kier molecular flexibility index (Phi) is 9.23. The fourth-order valence-corrected chi connectivity index (χ4v) is 8.44. The van der Waals surface area contributed by atoms with Crippen LogP contribution in [0.3, 0.4) is 0 Å². The quantitative estimate of drug-likeness (QED) is 0.356. The number of carbonyl (C=O) groups is 1. The van der Waals surface area contributed by atoms with E-state index in [1.807, 2.05) is 24.8 Å². The van der Waals surface area contributed by atoms with E-state index in [2.05, 4.69) is 29.1 Å². The molecule has 3 heterocycles. The molecule has 0 unspecified atom stereocenters. The number of benzene rings is 2. The maximum atomic E-state index is 13.5. The maximum Gasteiger partial charge on any atom is 0.243 e. The second kappa shape index (κ2) is 12.4. The van der Waals surface area contributed by atoms with Crippen LogP contribution in [0.2, 0.25) is 15.1 Å². The Labute approximate surface area is 262 Å². The molecule has 42 heavy (non-hydrogen) atoms. The highest BCUT2D eigenvalue weighted by Gasteiger charge is 2.38. The number of nitrogens with zero attached hydrogens (tertiary/aromatic N) is 6. The first-order valence-electron chi connectivity index (χ1n) is 14.0. The first-order valence-corrected chi connectivity index (χ1v) is 16.6. The minimum absolute atomic E-state index is 0.0933. The van der Waals surface area contributed by atoms with Gasteiger partial charge in [0.05, 0.1) is 26.8 Å². The van der Waals surface area contributed by atoms with Gasteiger partial charge in [0.2, 0.25) is 15.9 Å². The molecule has 13 heteroatoms. The average Bonchev–Trinajstić information content (AvgIpc) is 3.39. The van der Waals surface area contributed by atoms with Gasteiger partial charge in [-0.3, -0.25) is 9.69 Å². The van der Waals surface area contributed by atoms with Crippen molar-refractivity contribution in [2.45, 2.75) is 64.1 Å². The van der Waals surface area contributed by atoms with Crippen LogP contribution in [-0.2, 0) is 21.4 Å². The molecule has 1 aromatic heterocycles. The zero-order chi connectivity index (χ0) is 30.3. The summed E-state index contributed by atoms with van der Waals surface area (Å²) < 4.78 is 29.5. The van der Waals surface area contributed by atoms with Crippen LogP contribution in [-0.4, -0.2) is 81.7 Å². The molecular weight excluding hydrogens is 619 g/mol. The fourth-order valence-electron chi connectivity index (χ4n) is 5.89. The van der Waals surface area contributed by atoms with Crippen LogP contribution >= 0.6 is 34.8 Å². The number of carbonyl (C=O) groups excluding carboxylic acids is 1. The van der Waals surface area contributed by atoms with Gasteiger partial charge in [0.1, 0.15) is 5.69 Å². The monoisotopic (exact) mass is 652 g/mol. The van der Waals surface area contributed by atoms with Crippen molar-refractivity contribution in [3.05, 3.63) is 68.4 Å². The first-order chi connectivity index (χ1) is 19.8. The van der Waals surface area contributed by atoms with Crippen molar-refractivity contribution < 1.29 is 13.2 Å². The number of aromatic nitrogens is 3. The molecule has 0 radical (unpaired) electrons. The summed E-state index contributed by atoms with van der Waals surface area (Å²) in [4.78, 5) is 18.1. The van der Waals surface area contributed by atoms with E-state index in [9.17, 15) is 13.2 Å². The van der Waals surface area contributed by atoms with Crippen molar-refractivity contribution >= 4 is 50.7 Å². The summed E-state index contributed by atoms with van der Waals surface area (Å²) in [6.07, 6.45) is 2.84. The topological polar surface area (TPSA) is 91.6 Å². The predicted molar refractivity (Wildman–Crippen MR) is 165 cm³/mol. The predicted octanol–water partition coefficient (Wildman–Crippen LogP) is 5.37. The number of aryl methyl sites for hydroxylation is 2. The Hall–Kier alpha value is -2.21. The molecule has 2 aliphatic heterocycles. The van der Waals surface area contributed by atoms with Gasteiger partial charge in [-0.25, -0.2) is 13.1 Å². The molecule has 2 saturated heterocycles. The third-order valence-corrected chi connectivity index (χ3v) is 11.1. The molecule has 2 aliphatic rings. The molecule has 226 valence electrons. The van der Waals surface area contributed by atoms with E-state index in [1.165, 1.54) is 4.31 Å². The van der Waals surface area contributed by atoms with Gasteiger partial charge in [0.25, 0.3) is 0 Å². The van der Waals surface area contributed by atoms with Gasteiger partial charge in [0, 0.05) is 55.7 Å². The van der Waals surface area contributed by atoms with Crippen molar-refractivity contribution in [2.75, 3.05) is 26.2 Å². The number of hydrogen-bond acceptors (Lipinski definition) is 6. The Morgan fingerprint density at radius 2 is 1.57 bits per heavy atom. The minimum atomic E-state index is -3.58. The van der Waals surface area contributed by atoms with E-state index in [4.69, 9.17) is 34.8 Å². The van der Waals surface area contributed by atoms with Crippen LogP contribution < -0.4 is 0 Å². The van der Waals surface area contributed by atoms with Crippen LogP contribution in [0.15, 0.2) is 41.4 Å². The van der Waals surface area contributed by atoms with E-state index in [0.29, 0.717) is 71.2 Å². The normalized spacial score (nSPS) is 21.2. The lowest BCUT2D eigenvalue weighted by Gasteiger charge is -2.45. The number of piperazine rings is 1. The molecule has 0 aliphatic carbocycles. The Morgan fingerprint density at radius 3 is 2.17 bits per heavy atom. The lowest BCUT2D eigenvalue weighted by Crippen LogP contribution is -2.59. The summed E-state index contributed by atoms with van der Waals surface area (Å²) in [6, 6.07) is 8.64. The molecular formula is C29H35Cl3N6O3S. The largest absolute Gasteiger partial charge is 0.339 e. The molecule has 0 N–H and O–H groups in total. The summed E-state index contributed by atoms with van der Waals surface area (Å²) in [5, 5.41) is 9.76. The van der Waals surface area contributed by atoms with Crippen molar-refractivity contribution in [2.24, 2.45) is 5.92 Å². The molecule has 3 aromatic rings. The molecule has 0 spiro atoms. The number of amides is 1. The zero-order valence-electron chi connectivity index (χ0n) is 24.1.